The predicted octanol–water partition coefficient (Wildman–Crippen LogP) is 0.584. The van der Waals surface area contributed by atoms with E-state index in [1.54, 1.807) is 11.0 Å². The molecule has 0 fully saturated rings. The van der Waals surface area contributed by atoms with E-state index in [2.05, 4.69) is 22.2 Å². The number of nitrogens with one attached hydrogen (secondary N) is 1. The summed E-state index contributed by atoms with van der Waals surface area (Å²) in [6.45, 7) is 7.46. The largest absolute Gasteiger partial charge is 0.476 e. The van der Waals surface area contributed by atoms with E-state index < -0.39 is 5.97 Å². The highest BCUT2D eigenvalue weighted by atomic mass is 16.4. The summed E-state index contributed by atoms with van der Waals surface area (Å²) in [6.07, 6.45) is 3.86. The number of hydrogen-bond donors (Lipinski definition) is 2. The van der Waals surface area contributed by atoms with E-state index in [9.17, 15) is 9.59 Å². The molecule has 0 aliphatic carbocycles. The number of hydrogen-bond acceptors (Lipinski definition) is 4. The molecule has 1 rings (SSSR count). The molecule has 0 saturated heterocycles. The van der Waals surface area contributed by atoms with Gasteiger partial charge in [0, 0.05) is 19.6 Å². The number of urea groups is 1. The molecule has 0 bridgehead atoms. The third-order valence-corrected chi connectivity index (χ3v) is 2.51. The fourth-order valence-corrected chi connectivity index (χ4v) is 1.60. The molecule has 0 unspecified atom stereocenters. The quantitative estimate of drug-likeness (QED) is 0.679. The Labute approximate surface area is 117 Å². The number of rotatable bonds is 8. The lowest BCUT2D eigenvalue weighted by Crippen LogP contribution is -2.41. The highest BCUT2D eigenvalue weighted by Gasteiger charge is 2.11. The summed E-state index contributed by atoms with van der Waals surface area (Å²) in [4.78, 5) is 24.1. The van der Waals surface area contributed by atoms with Crippen molar-refractivity contribution in [3.63, 3.8) is 0 Å². The van der Waals surface area contributed by atoms with Gasteiger partial charge in [0.05, 0.1) is 12.7 Å². The van der Waals surface area contributed by atoms with E-state index in [-0.39, 0.29) is 11.7 Å². The van der Waals surface area contributed by atoms with Crippen molar-refractivity contribution in [2.75, 3.05) is 19.6 Å². The first-order chi connectivity index (χ1) is 9.58. The number of carboxylic acids is 1. The van der Waals surface area contributed by atoms with Crippen molar-refractivity contribution in [3.05, 3.63) is 24.5 Å². The Bertz CT molecular complexity index is 471. The lowest BCUT2D eigenvalue weighted by Gasteiger charge is -2.20. The predicted molar refractivity (Wildman–Crippen MR) is 72.4 cm³/mol. The van der Waals surface area contributed by atoms with Crippen LogP contribution in [0, 0.1) is 0 Å². The molecule has 2 N–H and O–H groups in total. The zero-order valence-corrected chi connectivity index (χ0v) is 11.4. The summed E-state index contributed by atoms with van der Waals surface area (Å²) in [6, 6.07) is -0.176. The molecule has 1 aromatic heterocycles. The summed E-state index contributed by atoms with van der Waals surface area (Å²) < 4.78 is 1.38. The summed E-state index contributed by atoms with van der Waals surface area (Å²) in [7, 11) is 0. The van der Waals surface area contributed by atoms with Gasteiger partial charge < -0.3 is 15.3 Å². The first kappa shape index (κ1) is 15.7. The zero-order valence-electron chi connectivity index (χ0n) is 11.4. The van der Waals surface area contributed by atoms with Crippen LogP contribution < -0.4 is 5.32 Å². The van der Waals surface area contributed by atoms with Crippen molar-refractivity contribution in [2.45, 2.75) is 19.9 Å². The van der Waals surface area contributed by atoms with Gasteiger partial charge in [0.15, 0.2) is 5.69 Å². The summed E-state index contributed by atoms with van der Waals surface area (Å²) in [5.41, 5.74) is -0.115. The molecule has 20 heavy (non-hydrogen) atoms. The van der Waals surface area contributed by atoms with Crippen LogP contribution in [0.2, 0.25) is 0 Å². The Morgan fingerprint density at radius 1 is 1.60 bits per heavy atom. The maximum atomic E-state index is 11.9. The number of amides is 2. The minimum Gasteiger partial charge on any atom is -0.476 e. The van der Waals surface area contributed by atoms with Crippen LogP contribution in [0.5, 0.6) is 0 Å². The van der Waals surface area contributed by atoms with Gasteiger partial charge in [-0.1, -0.05) is 18.2 Å². The molecule has 0 aliphatic heterocycles. The Kier molecular flexibility index (Phi) is 6.21. The minimum absolute atomic E-state index is 0.115. The highest BCUT2D eigenvalue weighted by molar-refractivity contribution is 5.84. The van der Waals surface area contributed by atoms with E-state index in [0.29, 0.717) is 26.2 Å². The Morgan fingerprint density at radius 3 is 2.90 bits per heavy atom. The molecule has 0 saturated carbocycles. The third-order valence-electron chi connectivity index (χ3n) is 2.51. The first-order valence-electron chi connectivity index (χ1n) is 6.35. The van der Waals surface area contributed by atoms with E-state index in [4.69, 9.17) is 5.11 Å². The van der Waals surface area contributed by atoms with E-state index in [1.807, 2.05) is 6.92 Å². The van der Waals surface area contributed by atoms with Gasteiger partial charge in [0.25, 0.3) is 0 Å². The van der Waals surface area contributed by atoms with Crippen LogP contribution >= 0.6 is 0 Å². The van der Waals surface area contributed by atoms with Crippen molar-refractivity contribution in [1.29, 1.82) is 0 Å². The van der Waals surface area contributed by atoms with Gasteiger partial charge in [0.2, 0.25) is 0 Å². The first-order valence-corrected chi connectivity index (χ1v) is 6.35. The second-order valence-electron chi connectivity index (χ2n) is 4.14. The third kappa shape index (κ3) is 4.71. The molecule has 2 amide bonds. The number of carbonyl (C=O) groups is 2. The van der Waals surface area contributed by atoms with Crippen molar-refractivity contribution in [3.8, 4) is 0 Å². The van der Waals surface area contributed by atoms with Crippen LogP contribution in [0.25, 0.3) is 0 Å². The van der Waals surface area contributed by atoms with Gasteiger partial charge in [-0.25, -0.2) is 14.3 Å². The van der Waals surface area contributed by atoms with Crippen LogP contribution in [0.1, 0.15) is 23.8 Å². The molecular weight excluding hydrogens is 262 g/mol. The van der Waals surface area contributed by atoms with Crippen molar-refractivity contribution < 1.29 is 14.7 Å². The molecule has 110 valence electrons. The van der Waals surface area contributed by atoms with Gasteiger partial charge in [-0.15, -0.1) is 11.7 Å². The lowest BCUT2D eigenvalue weighted by molar-refractivity contribution is 0.0690. The smallest absolute Gasteiger partial charge is 0.358 e. The zero-order chi connectivity index (χ0) is 15.0. The maximum absolute atomic E-state index is 11.9. The van der Waals surface area contributed by atoms with Crippen molar-refractivity contribution in [1.82, 2.24) is 25.2 Å². The van der Waals surface area contributed by atoms with Crippen molar-refractivity contribution in [2.24, 2.45) is 0 Å². The monoisotopic (exact) mass is 281 g/mol. The Balaban J connectivity index is 2.39. The van der Waals surface area contributed by atoms with Gasteiger partial charge in [-0.3, -0.25) is 0 Å². The highest BCUT2D eigenvalue weighted by Crippen LogP contribution is 1.94. The number of aromatic nitrogens is 3. The number of aromatic carboxylic acids is 1. The van der Waals surface area contributed by atoms with Crippen LogP contribution in [0.4, 0.5) is 4.79 Å². The van der Waals surface area contributed by atoms with Gasteiger partial charge >= 0.3 is 12.0 Å². The average Bonchev–Trinajstić information content (AvgIpc) is 2.87. The van der Waals surface area contributed by atoms with Crippen LogP contribution in [-0.4, -0.2) is 56.6 Å². The SMILES string of the molecule is C=CCN(CCC)C(=O)NCCn1cc(C(=O)O)nn1. The standard InChI is InChI=1S/C12H19N5O3/c1-3-6-16(7-4-2)12(20)13-5-8-17-9-10(11(18)19)14-15-17/h3,9H,1,4-8H2,2H3,(H,13,20)(H,18,19). The van der Waals surface area contributed by atoms with Gasteiger partial charge in [-0.05, 0) is 6.42 Å². The molecule has 0 atom stereocenters. The molecule has 0 radical (unpaired) electrons. The number of carboxylic acid groups (broad SMARTS) is 1. The number of nitrogens with zero attached hydrogens (tertiary/aromatic N) is 4. The molecule has 8 nitrogen and oxygen atoms in total. The molecule has 1 heterocycles. The Morgan fingerprint density at radius 2 is 2.35 bits per heavy atom. The molecule has 0 spiro atoms. The second kappa shape index (κ2) is 7.93. The summed E-state index contributed by atoms with van der Waals surface area (Å²) in [5.74, 6) is -1.12. The molecule has 8 heteroatoms. The number of carbonyl (C=O) groups excluding carboxylic acids is 1. The average molecular weight is 281 g/mol. The minimum atomic E-state index is -1.12. The van der Waals surface area contributed by atoms with Crippen LogP contribution in [0.3, 0.4) is 0 Å². The fraction of sp³-hybridized carbons (Fsp3) is 0.500. The van der Waals surface area contributed by atoms with Gasteiger partial charge in [-0.2, -0.15) is 0 Å². The second-order valence-corrected chi connectivity index (χ2v) is 4.14. The van der Waals surface area contributed by atoms with E-state index in [0.717, 1.165) is 6.42 Å². The van der Waals surface area contributed by atoms with Crippen LogP contribution in [-0.2, 0) is 6.54 Å². The fourth-order valence-electron chi connectivity index (χ4n) is 1.60. The topological polar surface area (TPSA) is 100 Å². The molecule has 0 aliphatic rings. The maximum Gasteiger partial charge on any atom is 0.358 e. The summed E-state index contributed by atoms with van der Waals surface area (Å²) >= 11 is 0. The lowest BCUT2D eigenvalue weighted by atomic mass is 10.4. The molecule has 1 aromatic rings. The van der Waals surface area contributed by atoms with Crippen LogP contribution in [0.15, 0.2) is 18.9 Å². The molecular formula is C12H19N5O3. The summed E-state index contributed by atoms with van der Waals surface area (Å²) in [5, 5.41) is 18.6. The normalized spacial score (nSPS) is 10.1. The van der Waals surface area contributed by atoms with E-state index >= 15 is 0 Å². The van der Waals surface area contributed by atoms with Crippen molar-refractivity contribution >= 4 is 12.0 Å². The Hall–Kier alpha value is -2.38. The molecule has 0 aromatic carbocycles. The van der Waals surface area contributed by atoms with Gasteiger partial charge in [0.1, 0.15) is 0 Å². The van der Waals surface area contributed by atoms with E-state index in [1.165, 1.54) is 10.9 Å².